The first-order valence-corrected chi connectivity index (χ1v) is 9.27. The van der Waals surface area contributed by atoms with Crippen molar-refractivity contribution in [2.75, 3.05) is 5.32 Å². The lowest BCUT2D eigenvalue weighted by atomic mass is 10.2. The largest absolute Gasteiger partial charge is 0.489 e. The second-order valence-corrected chi connectivity index (χ2v) is 7.19. The predicted molar refractivity (Wildman–Crippen MR) is 106 cm³/mol. The Morgan fingerprint density at radius 1 is 1.15 bits per heavy atom. The maximum atomic E-state index is 12.4. The summed E-state index contributed by atoms with van der Waals surface area (Å²) in [6.07, 6.45) is 0. The molecule has 3 rings (SSSR count). The van der Waals surface area contributed by atoms with Crippen molar-refractivity contribution >= 4 is 51.8 Å². The normalized spacial score (nSPS) is 10.4. The molecule has 0 saturated carbocycles. The van der Waals surface area contributed by atoms with E-state index in [0.717, 1.165) is 5.56 Å². The van der Waals surface area contributed by atoms with E-state index in [9.17, 15) is 14.9 Å². The number of hydrogen-bond donors (Lipinski definition) is 1. The molecule has 1 aromatic heterocycles. The molecule has 1 heterocycles. The summed E-state index contributed by atoms with van der Waals surface area (Å²) < 4.78 is 5.64. The zero-order valence-corrected chi connectivity index (χ0v) is 16.0. The number of anilines is 1. The van der Waals surface area contributed by atoms with Gasteiger partial charge in [0.05, 0.1) is 20.5 Å². The quantitative estimate of drug-likeness (QED) is 0.402. The lowest BCUT2D eigenvalue weighted by molar-refractivity contribution is -0.384. The number of nitrogens with zero attached hydrogens (tertiary/aromatic N) is 1. The molecule has 1 N–H and O–H groups in total. The molecule has 138 valence electrons. The number of nitro groups is 1. The zero-order chi connectivity index (χ0) is 19.4. The Kier molecular flexibility index (Phi) is 5.95. The maximum absolute atomic E-state index is 12.4. The molecular formula is C18H12Cl2N2O4S. The Bertz CT molecular complexity index is 989. The van der Waals surface area contributed by atoms with Crippen LogP contribution in [-0.4, -0.2) is 10.8 Å². The number of carbonyl (C=O) groups excluding carboxylic acids is 1. The van der Waals surface area contributed by atoms with E-state index < -0.39 is 4.92 Å². The average Bonchev–Trinajstić information content (AvgIpc) is 3.12. The molecule has 0 bridgehead atoms. The van der Waals surface area contributed by atoms with Crippen LogP contribution in [0.15, 0.2) is 53.9 Å². The first-order valence-electron chi connectivity index (χ1n) is 7.63. The number of amides is 1. The van der Waals surface area contributed by atoms with Crippen LogP contribution in [0.5, 0.6) is 5.75 Å². The van der Waals surface area contributed by atoms with Gasteiger partial charge in [-0.3, -0.25) is 14.9 Å². The summed E-state index contributed by atoms with van der Waals surface area (Å²) in [5.74, 6) is 0.322. The molecule has 9 heteroatoms. The third-order valence-corrected chi connectivity index (χ3v) is 5.05. The van der Waals surface area contributed by atoms with Crippen LogP contribution in [0, 0.1) is 10.1 Å². The second kappa shape index (κ2) is 8.39. The van der Waals surface area contributed by atoms with E-state index in [1.165, 1.54) is 29.5 Å². The van der Waals surface area contributed by atoms with Crippen LogP contribution in [0.1, 0.15) is 15.2 Å². The number of carbonyl (C=O) groups is 1. The molecule has 0 unspecified atom stereocenters. The van der Waals surface area contributed by atoms with Gasteiger partial charge in [0.1, 0.15) is 12.4 Å². The molecule has 0 radical (unpaired) electrons. The summed E-state index contributed by atoms with van der Waals surface area (Å²) >= 11 is 13.1. The van der Waals surface area contributed by atoms with Gasteiger partial charge in [0, 0.05) is 22.7 Å². The van der Waals surface area contributed by atoms with Crippen molar-refractivity contribution in [1.29, 1.82) is 0 Å². The Hall–Kier alpha value is -2.61. The summed E-state index contributed by atoms with van der Waals surface area (Å²) in [5.41, 5.74) is 1.00. The van der Waals surface area contributed by atoms with Gasteiger partial charge in [-0.2, -0.15) is 0 Å². The Morgan fingerprint density at radius 3 is 2.56 bits per heavy atom. The topological polar surface area (TPSA) is 81.5 Å². The standard InChI is InChI=1S/C18H12Cl2N2O4S/c19-12-1-4-14(5-2-12)26-9-11-7-17(27-10-11)18(23)21-16-6-3-13(22(24)25)8-15(16)20/h1-8,10H,9H2,(H,21,23). The molecule has 6 nitrogen and oxygen atoms in total. The van der Waals surface area contributed by atoms with Gasteiger partial charge in [-0.25, -0.2) is 0 Å². The molecule has 0 aliphatic carbocycles. The molecule has 27 heavy (non-hydrogen) atoms. The third-order valence-electron chi connectivity index (χ3n) is 3.51. The van der Waals surface area contributed by atoms with E-state index in [-0.39, 0.29) is 16.6 Å². The number of ether oxygens (including phenoxy) is 1. The minimum absolute atomic E-state index is 0.0976. The van der Waals surface area contributed by atoms with Crippen LogP contribution in [-0.2, 0) is 6.61 Å². The number of nitrogens with one attached hydrogen (secondary N) is 1. The lowest BCUT2D eigenvalue weighted by Crippen LogP contribution is -2.10. The Labute approximate surface area is 168 Å². The molecule has 0 spiro atoms. The van der Waals surface area contributed by atoms with Crippen molar-refractivity contribution < 1.29 is 14.5 Å². The van der Waals surface area contributed by atoms with Gasteiger partial charge in [-0.1, -0.05) is 23.2 Å². The molecule has 0 saturated heterocycles. The summed E-state index contributed by atoms with van der Waals surface area (Å²) in [5, 5.41) is 15.9. The monoisotopic (exact) mass is 422 g/mol. The van der Waals surface area contributed by atoms with Gasteiger partial charge in [0.25, 0.3) is 11.6 Å². The van der Waals surface area contributed by atoms with Gasteiger partial charge >= 0.3 is 0 Å². The Balaban J connectivity index is 1.63. The summed E-state index contributed by atoms with van der Waals surface area (Å²) in [6.45, 7) is 0.309. The molecule has 1 amide bonds. The minimum atomic E-state index is -0.552. The molecule has 2 aromatic carbocycles. The fraction of sp³-hybridized carbons (Fsp3) is 0.0556. The number of thiophene rings is 1. The number of halogens is 2. The van der Waals surface area contributed by atoms with Gasteiger partial charge < -0.3 is 10.1 Å². The fourth-order valence-electron chi connectivity index (χ4n) is 2.17. The lowest BCUT2D eigenvalue weighted by Gasteiger charge is -2.06. The number of non-ortho nitro benzene ring substituents is 1. The highest BCUT2D eigenvalue weighted by Crippen LogP contribution is 2.28. The van der Waals surface area contributed by atoms with Crippen molar-refractivity contribution in [3.8, 4) is 5.75 Å². The average molecular weight is 423 g/mol. The van der Waals surface area contributed by atoms with E-state index in [2.05, 4.69) is 5.32 Å². The first kappa shape index (κ1) is 19.2. The number of nitro benzene ring substituents is 1. The fourth-order valence-corrected chi connectivity index (χ4v) is 3.31. The predicted octanol–water partition coefficient (Wildman–Crippen LogP) is 5.79. The summed E-state index contributed by atoms with van der Waals surface area (Å²) in [7, 11) is 0. The molecule has 0 fully saturated rings. The molecule has 0 atom stereocenters. The van der Waals surface area contributed by atoms with Crippen LogP contribution in [0.25, 0.3) is 0 Å². The Morgan fingerprint density at radius 2 is 1.89 bits per heavy atom. The van der Waals surface area contributed by atoms with Gasteiger partial charge in [0.15, 0.2) is 0 Å². The number of benzene rings is 2. The highest BCUT2D eigenvalue weighted by atomic mass is 35.5. The summed E-state index contributed by atoms with van der Waals surface area (Å²) in [6, 6.07) is 12.6. The second-order valence-electron chi connectivity index (χ2n) is 5.44. The van der Waals surface area contributed by atoms with E-state index in [1.54, 1.807) is 30.3 Å². The SMILES string of the molecule is O=C(Nc1ccc([N+](=O)[O-])cc1Cl)c1cc(COc2ccc(Cl)cc2)cs1. The van der Waals surface area contributed by atoms with E-state index in [1.807, 2.05) is 5.38 Å². The minimum Gasteiger partial charge on any atom is -0.489 e. The number of rotatable bonds is 6. The van der Waals surface area contributed by atoms with Gasteiger partial charge in [-0.15, -0.1) is 11.3 Å². The maximum Gasteiger partial charge on any atom is 0.271 e. The summed E-state index contributed by atoms with van der Waals surface area (Å²) in [4.78, 5) is 23.0. The van der Waals surface area contributed by atoms with E-state index in [4.69, 9.17) is 27.9 Å². The van der Waals surface area contributed by atoms with Gasteiger partial charge in [-0.05, 0) is 41.8 Å². The van der Waals surface area contributed by atoms with Crippen LogP contribution < -0.4 is 10.1 Å². The van der Waals surface area contributed by atoms with Crippen molar-refractivity contribution in [3.63, 3.8) is 0 Å². The highest BCUT2D eigenvalue weighted by molar-refractivity contribution is 7.12. The molecular weight excluding hydrogens is 411 g/mol. The van der Waals surface area contributed by atoms with E-state index in [0.29, 0.717) is 27.9 Å². The van der Waals surface area contributed by atoms with Crippen molar-refractivity contribution in [2.24, 2.45) is 0 Å². The van der Waals surface area contributed by atoms with E-state index >= 15 is 0 Å². The number of hydrogen-bond acceptors (Lipinski definition) is 5. The molecule has 3 aromatic rings. The molecule has 0 aliphatic rings. The van der Waals surface area contributed by atoms with Crippen molar-refractivity contribution in [1.82, 2.24) is 0 Å². The highest BCUT2D eigenvalue weighted by Gasteiger charge is 2.14. The van der Waals surface area contributed by atoms with Crippen LogP contribution >= 0.6 is 34.5 Å². The third kappa shape index (κ3) is 4.97. The zero-order valence-electron chi connectivity index (χ0n) is 13.6. The van der Waals surface area contributed by atoms with Gasteiger partial charge in [0.2, 0.25) is 0 Å². The first-order chi connectivity index (χ1) is 12.9. The van der Waals surface area contributed by atoms with Crippen LogP contribution in [0.2, 0.25) is 10.0 Å². The van der Waals surface area contributed by atoms with Crippen LogP contribution in [0.4, 0.5) is 11.4 Å². The smallest absolute Gasteiger partial charge is 0.271 e. The van der Waals surface area contributed by atoms with Crippen molar-refractivity contribution in [2.45, 2.75) is 6.61 Å². The van der Waals surface area contributed by atoms with Crippen molar-refractivity contribution in [3.05, 3.63) is 84.5 Å². The van der Waals surface area contributed by atoms with Crippen LogP contribution in [0.3, 0.4) is 0 Å². The molecule has 0 aliphatic heterocycles.